The molecule has 1 N–H and O–H groups in total. The maximum absolute atomic E-state index is 11.8. The average Bonchev–Trinajstić information content (AvgIpc) is 2.73. The summed E-state index contributed by atoms with van der Waals surface area (Å²) in [6, 6.07) is 1.45. The van der Waals surface area contributed by atoms with Crippen LogP contribution in [0.2, 0.25) is 0 Å². The highest BCUT2D eigenvalue weighted by Gasteiger charge is 2.39. The first-order chi connectivity index (χ1) is 7.00. The zero-order valence-corrected chi connectivity index (χ0v) is 8.73. The molecule has 0 saturated heterocycles. The fourth-order valence-electron chi connectivity index (χ4n) is 1.81. The van der Waals surface area contributed by atoms with Crippen LogP contribution in [0.15, 0.2) is 12.3 Å². The van der Waals surface area contributed by atoms with Gasteiger partial charge < -0.3 is 9.67 Å². The van der Waals surface area contributed by atoms with Crippen molar-refractivity contribution in [3.8, 4) is 0 Å². The molecule has 2 unspecified atom stereocenters. The Morgan fingerprint density at radius 2 is 2.13 bits per heavy atom. The van der Waals surface area contributed by atoms with Crippen LogP contribution in [0.3, 0.4) is 0 Å². The number of aromatic nitrogens is 1. The van der Waals surface area contributed by atoms with Gasteiger partial charge in [0.2, 0.25) is 0 Å². The zero-order valence-electron chi connectivity index (χ0n) is 8.73. The van der Waals surface area contributed by atoms with E-state index in [9.17, 15) is 9.59 Å². The molecule has 4 nitrogen and oxygen atoms in total. The molecule has 15 heavy (non-hydrogen) atoms. The molecule has 0 aromatic carbocycles. The first-order valence-electron chi connectivity index (χ1n) is 4.94. The second-order valence-electron chi connectivity index (χ2n) is 4.21. The summed E-state index contributed by atoms with van der Waals surface area (Å²) in [6.07, 6.45) is 2.52. The van der Waals surface area contributed by atoms with Crippen LogP contribution < -0.4 is 0 Å². The Labute approximate surface area is 87.5 Å². The van der Waals surface area contributed by atoms with Crippen molar-refractivity contribution < 1.29 is 14.7 Å². The van der Waals surface area contributed by atoms with Gasteiger partial charge in [0, 0.05) is 24.7 Å². The first kappa shape index (κ1) is 9.96. The molecule has 2 rings (SSSR count). The number of Topliss-reactive ketones (excluding diaryl/α,β-unsaturated/α-hetero) is 1. The van der Waals surface area contributed by atoms with Gasteiger partial charge in [0.15, 0.2) is 5.78 Å². The van der Waals surface area contributed by atoms with E-state index in [2.05, 4.69) is 0 Å². The molecule has 0 spiro atoms. The fourth-order valence-corrected chi connectivity index (χ4v) is 1.81. The number of nitrogens with zero attached hydrogens (tertiary/aromatic N) is 1. The summed E-state index contributed by atoms with van der Waals surface area (Å²) >= 11 is 0. The molecule has 1 saturated carbocycles. The van der Waals surface area contributed by atoms with Gasteiger partial charge in [0.1, 0.15) is 5.69 Å². The molecule has 0 bridgehead atoms. The Balaban J connectivity index is 2.26. The monoisotopic (exact) mass is 207 g/mol. The van der Waals surface area contributed by atoms with E-state index in [0.29, 0.717) is 11.5 Å². The number of carbonyl (C=O) groups excluding carboxylic acids is 1. The number of aromatic carboxylic acids is 1. The maximum atomic E-state index is 11.8. The smallest absolute Gasteiger partial charge is 0.352 e. The highest BCUT2D eigenvalue weighted by molar-refractivity contribution is 6.01. The van der Waals surface area contributed by atoms with Crippen LogP contribution in [0.4, 0.5) is 0 Å². The molecule has 0 radical (unpaired) electrons. The highest BCUT2D eigenvalue weighted by Crippen LogP contribution is 2.40. The summed E-state index contributed by atoms with van der Waals surface area (Å²) in [7, 11) is 1.64. The number of carboxylic acids is 1. The normalized spacial score (nSPS) is 23.9. The third-order valence-corrected chi connectivity index (χ3v) is 2.95. The Morgan fingerprint density at radius 3 is 2.53 bits per heavy atom. The van der Waals surface area contributed by atoms with E-state index in [1.807, 2.05) is 6.92 Å². The van der Waals surface area contributed by atoms with E-state index < -0.39 is 5.97 Å². The van der Waals surface area contributed by atoms with Gasteiger partial charge in [-0.15, -0.1) is 0 Å². The number of hydrogen-bond donors (Lipinski definition) is 1. The van der Waals surface area contributed by atoms with Crippen molar-refractivity contribution in [2.45, 2.75) is 13.3 Å². The molecule has 80 valence electrons. The van der Waals surface area contributed by atoms with Crippen molar-refractivity contribution in [1.29, 1.82) is 0 Å². The van der Waals surface area contributed by atoms with Gasteiger partial charge in [0.05, 0.1) is 0 Å². The quantitative estimate of drug-likeness (QED) is 0.765. The molecule has 1 aromatic heterocycles. The van der Waals surface area contributed by atoms with Gasteiger partial charge in [-0.2, -0.15) is 0 Å². The summed E-state index contributed by atoms with van der Waals surface area (Å²) in [5, 5.41) is 8.83. The van der Waals surface area contributed by atoms with E-state index in [0.717, 1.165) is 6.42 Å². The third kappa shape index (κ3) is 1.67. The van der Waals surface area contributed by atoms with E-state index in [1.165, 1.54) is 10.6 Å². The van der Waals surface area contributed by atoms with Crippen molar-refractivity contribution in [2.75, 3.05) is 0 Å². The van der Waals surface area contributed by atoms with E-state index in [4.69, 9.17) is 5.11 Å². The van der Waals surface area contributed by atoms with Crippen LogP contribution in [-0.2, 0) is 7.05 Å². The summed E-state index contributed by atoms with van der Waals surface area (Å²) in [5.74, 6) is -0.369. The molecule has 1 aliphatic rings. The maximum Gasteiger partial charge on any atom is 0.352 e. The molecule has 0 amide bonds. The number of ketones is 1. The number of carbonyl (C=O) groups is 2. The topological polar surface area (TPSA) is 59.3 Å². The number of aryl methyl sites for hydroxylation is 1. The Bertz CT molecular complexity index is 433. The van der Waals surface area contributed by atoms with Crippen molar-refractivity contribution >= 4 is 11.8 Å². The van der Waals surface area contributed by atoms with E-state index in [-0.39, 0.29) is 17.4 Å². The summed E-state index contributed by atoms with van der Waals surface area (Å²) < 4.78 is 1.47. The summed E-state index contributed by atoms with van der Waals surface area (Å²) in [5.41, 5.74) is 0.677. The zero-order chi connectivity index (χ0) is 11.2. The Kier molecular flexibility index (Phi) is 2.14. The van der Waals surface area contributed by atoms with Crippen LogP contribution in [0, 0.1) is 11.8 Å². The lowest BCUT2D eigenvalue weighted by atomic mass is 10.1. The lowest BCUT2D eigenvalue weighted by molar-refractivity contribution is 0.0686. The van der Waals surface area contributed by atoms with Crippen molar-refractivity contribution in [3.63, 3.8) is 0 Å². The largest absolute Gasteiger partial charge is 0.477 e. The molecule has 0 aliphatic heterocycles. The SMILES string of the molecule is CC1CC1C(=O)c1cc(C(=O)O)n(C)c1. The first-order valence-corrected chi connectivity index (χ1v) is 4.94. The average molecular weight is 207 g/mol. The van der Waals surface area contributed by atoms with Gasteiger partial charge in [-0.05, 0) is 18.4 Å². The molecular weight excluding hydrogens is 194 g/mol. The van der Waals surface area contributed by atoms with Crippen LogP contribution >= 0.6 is 0 Å². The van der Waals surface area contributed by atoms with Gasteiger partial charge in [0.25, 0.3) is 0 Å². The minimum absolute atomic E-state index is 0.0746. The molecular formula is C11H13NO3. The molecule has 1 aliphatic carbocycles. The third-order valence-electron chi connectivity index (χ3n) is 2.95. The lowest BCUT2D eigenvalue weighted by Crippen LogP contribution is -2.02. The van der Waals surface area contributed by atoms with Crippen molar-refractivity contribution in [3.05, 3.63) is 23.5 Å². The molecule has 2 atom stereocenters. The minimum Gasteiger partial charge on any atom is -0.477 e. The van der Waals surface area contributed by atoms with E-state index >= 15 is 0 Å². The molecule has 1 fully saturated rings. The van der Waals surface area contributed by atoms with Gasteiger partial charge in [-0.1, -0.05) is 6.92 Å². The van der Waals surface area contributed by atoms with Crippen LogP contribution in [0.5, 0.6) is 0 Å². The minimum atomic E-state index is -1.000. The fraction of sp³-hybridized carbons (Fsp3) is 0.455. The van der Waals surface area contributed by atoms with Gasteiger partial charge in [-0.25, -0.2) is 4.79 Å². The van der Waals surface area contributed by atoms with Gasteiger partial charge in [-0.3, -0.25) is 4.79 Å². The number of carboxylic acid groups (broad SMARTS) is 1. The summed E-state index contributed by atoms with van der Waals surface area (Å²) in [6.45, 7) is 2.03. The van der Waals surface area contributed by atoms with Crippen LogP contribution in [-0.4, -0.2) is 21.4 Å². The number of rotatable bonds is 3. The standard InChI is InChI=1S/C11H13NO3/c1-6-3-8(6)10(13)7-4-9(11(14)15)12(2)5-7/h4-6,8H,3H2,1-2H3,(H,14,15). The lowest BCUT2D eigenvalue weighted by Gasteiger charge is -1.93. The highest BCUT2D eigenvalue weighted by atomic mass is 16.4. The molecule has 1 heterocycles. The van der Waals surface area contributed by atoms with Crippen LogP contribution in [0.25, 0.3) is 0 Å². The van der Waals surface area contributed by atoms with Crippen LogP contribution in [0.1, 0.15) is 34.2 Å². The Hall–Kier alpha value is -1.58. The van der Waals surface area contributed by atoms with E-state index in [1.54, 1.807) is 13.2 Å². The predicted octanol–water partition coefficient (Wildman–Crippen LogP) is 1.56. The number of hydrogen-bond acceptors (Lipinski definition) is 2. The summed E-state index contributed by atoms with van der Waals surface area (Å²) in [4.78, 5) is 22.6. The predicted molar refractivity (Wildman–Crippen MR) is 54.0 cm³/mol. The van der Waals surface area contributed by atoms with Crippen molar-refractivity contribution in [2.24, 2.45) is 18.9 Å². The molecule has 1 aromatic rings. The Morgan fingerprint density at radius 1 is 1.53 bits per heavy atom. The second kappa shape index (κ2) is 3.22. The van der Waals surface area contributed by atoms with Crippen molar-refractivity contribution in [1.82, 2.24) is 4.57 Å². The second-order valence-corrected chi connectivity index (χ2v) is 4.21. The molecule has 4 heteroatoms. The van der Waals surface area contributed by atoms with Gasteiger partial charge >= 0.3 is 5.97 Å².